The van der Waals surface area contributed by atoms with E-state index in [9.17, 15) is 9.59 Å². The van der Waals surface area contributed by atoms with Crippen molar-refractivity contribution in [2.75, 3.05) is 11.9 Å². The number of carboxylic acid groups (broad SMARTS) is 1. The number of benzene rings is 1. The minimum atomic E-state index is -1.46. The summed E-state index contributed by atoms with van der Waals surface area (Å²) >= 11 is 0. The van der Waals surface area contributed by atoms with Crippen molar-refractivity contribution < 1.29 is 19.8 Å². The van der Waals surface area contributed by atoms with Gasteiger partial charge >= 0.3 is 12.0 Å². The fraction of sp³-hybridized carbons (Fsp3) is 0.385. The Bertz CT molecular complexity index is 474. The van der Waals surface area contributed by atoms with E-state index in [4.69, 9.17) is 10.2 Å². The molecule has 0 bridgehead atoms. The lowest BCUT2D eigenvalue weighted by Crippen LogP contribution is -2.33. The van der Waals surface area contributed by atoms with Crippen molar-refractivity contribution in [3.05, 3.63) is 29.3 Å². The number of aliphatic carboxylic acids is 1. The molecule has 0 saturated heterocycles. The Kier molecular flexibility index (Phi) is 5.32. The highest BCUT2D eigenvalue weighted by molar-refractivity contribution is 5.90. The van der Waals surface area contributed by atoms with E-state index in [1.165, 1.54) is 0 Å². The monoisotopic (exact) mass is 266 g/mol. The van der Waals surface area contributed by atoms with Crippen LogP contribution in [0.3, 0.4) is 0 Å². The molecular weight excluding hydrogens is 248 g/mol. The van der Waals surface area contributed by atoms with E-state index >= 15 is 0 Å². The fourth-order valence-electron chi connectivity index (χ4n) is 1.48. The summed E-state index contributed by atoms with van der Waals surface area (Å²) in [5, 5.41) is 22.7. The van der Waals surface area contributed by atoms with Gasteiger partial charge in [0.25, 0.3) is 0 Å². The predicted molar refractivity (Wildman–Crippen MR) is 71.2 cm³/mol. The summed E-state index contributed by atoms with van der Waals surface area (Å²) in [5.41, 5.74) is 2.67. The fourth-order valence-corrected chi connectivity index (χ4v) is 1.48. The second kappa shape index (κ2) is 6.75. The molecule has 1 rings (SSSR count). The third-order valence-corrected chi connectivity index (χ3v) is 2.63. The van der Waals surface area contributed by atoms with E-state index in [2.05, 4.69) is 10.6 Å². The first-order valence-electron chi connectivity index (χ1n) is 5.93. The summed E-state index contributed by atoms with van der Waals surface area (Å²) in [6, 6.07) is 5.27. The zero-order valence-electron chi connectivity index (χ0n) is 10.9. The van der Waals surface area contributed by atoms with Crippen LogP contribution in [0.2, 0.25) is 0 Å². The number of aliphatic hydroxyl groups is 1. The molecule has 0 unspecified atom stereocenters. The summed E-state index contributed by atoms with van der Waals surface area (Å²) in [6.07, 6.45) is -1.49. The van der Waals surface area contributed by atoms with Gasteiger partial charge in [-0.3, -0.25) is 0 Å². The molecule has 0 spiro atoms. The zero-order valence-corrected chi connectivity index (χ0v) is 10.9. The lowest BCUT2D eigenvalue weighted by atomic mass is 10.1. The molecule has 1 atom stereocenters. The summed E-state index contributed by atoms with van der Waals surface area (Å²) in [4.78, 5) is 21.9. The molecular formula is C13H18N2O4. The number of carbonyl (C=O) groups is 2. The molecule has 1 aromatic carbocycles. The molecule has 1 aromatic rings. The molecule has 2 amide bonds. The summed E-state index contributed by atoms with van der Waals surface area (Å²) in [6.45, 7) is 3.89. The summed E-state index contributed by atoms with van der Waals surface area (Å²) in [7, 11) is 0. The third-order valence-electron chi connectivity index (χ3n) is 2.63. The highest BCUT2D eigenvalue weighted by Gasteiger charge is 2.13. The Hall–Kier alpha value is -2.08. The van der Waals surface area contributed by atoms with Crippen LogP contribution < -0.4 is 10.6 Å². The van der Waals surface area contributed by atoms with Gasteiger partial charge in [-0.2, -0.15) is 0 Å². The van der Waals surface area contributed by atoms with Crippen LogP contribution in [0.4, 0.5) is 10.5 Å². The summed E-state index contributed by atoms with van der Waals surface area (Å²) in [5.74, 6) is -1.29. The number of aliphatic hydroxyl groups excluding tert-OH is 1. The normalized spacial score (nSPS) is 11.7. The van der Waals surface area contributed by atoms with Crippen LogP contribution in [-0.4, -0.2) is 34.9 Å². The van der Waals surface area contributed by atoms with Crippen LogP contribution in [0, 0.1) is 13.8 Å². The van der Waals surface area contributed by atoms with E-state index in [-0.39, 0.29) is 13.0 Å². The Morgan fingerprint density at radius 2 is 2.00 bits per heavy atom. The number of carbonyl (C=O) groups excluding carboxylic acids is 1. The number of aryl methyl sites for hydroxylation is 2. The Balaban J connectivity index is 2.43. The maximum atomic E-state index is 11.6. The topological polar surface area (TPSA) is 98.7 Å². The van der Waals surface area contributed by atoms with Crippen molar-refractivity contribution in [2.45, 2.75) is 26.4 Å². The van der Waals surface area contributed by atoms with Crippen LogP contribution in [-0.2, 0) is 4.79 Å². The van der Waals surface area contributed by atoms with Crippen LogP contribution in [0.5, 0.6) is 0 Å². The van der Waals surface area contributed by atoms with Crippen molar-refractivity contribution in [3.63, 3.8) is 0 Å². The average Bonchev–Trinajstić information content (AvgIpc) is 2.33. The first kappa shape index (κ1) is 15.0. The van der Waals surface area contributed by atoms with E-state index < -0.39 is 18.1 Å². The second-order valence-electron chi connectivity index (χ2n) is 4.34. The molecule has 0 aromatic heterocycles. The van der Waals surface area contributed by atoms with Crippen LogP contribution in [0.15, 0.2) is 18.2 Å². The van der Waals surface area contributed by atoms with Crippen molar-refractivity contribution in [3.8, 4) is 0 Å². The molecule has 0 fully saturated rings. The molecule has 104 valence electrons. The number of hydrogen-bond donors (Lipinski definition) is 4. The van der Waals surface area contributed by atoms with Crippen LogP contribution in [0.25, 0.3) is 0 Å². The lowest BCUT2D eigenvalue weighted by Gasteiger charge is -2.11. The maximum absolute atomic E-state index is 11.6. The van der Waals surface area contributed by atoms with Gasteiger partial charge in [0.1, 0.15) is 0 Å². The molecule has 0 aliphatic carbocycles. The second-order valence-corrected chi connectivity index (χ2v) is 4.34. The van der Waals surface area contributed by atoms with Gasteiger partial charge in [0.05, 0.1) is 0 Å². The van der Waals surface area contributed by atoms with Crippen LogP contribution in [0.1, 0.15) is 17.5 Å². The quantitative estimate of drug-likeness (QED) is 0.644. The van der Waals surface area contributed by atoms with Gasteiger partial charge in [0, 0.05) is 18.7 Å². The zero-order chi connectivity index (χ0) is 14.4. The van der Waals surface area contributed by atoms with Gasteiger partial charge in [-0.05, 0) is 31.0 Å². The molecule has 0 aliphatic heterocycles. The SMILES string of the molecule is Cc1ccc(C)c(NC(=O)NCC[C@H](O)C(=O)O)c1. The first-order valence-corrected chi connectivity index (χ1v) is 5.93. The third kappa shape index (κ3) is 4.97. The Morgan fingerprint density at radius 1 is 1.32 bits per heavy atom. The standard InChI is InChI=1S/C13H18N2O4/c1-8-3-4-9(2)10(7-8)15-13(19)14-6-5-11(16)12(17)18/h3-4,7,11,16H,5-6H2,1-2H3,(H,17,18)(H2,14,15,19)/t11-/m0/s1. The van der Waals surface area contributed by atoms with E-state index in [1.54, 1.807) is 0 Å². The predicted octanol–water partition coefficient (Wildman–Crippen LogP) is 1.26. The van der Waals surface area contributed by atoms with Gasteiger partial charge in [0.15, 0.2) is 6.10 Å². The molecule has 6 nitrogen and oxygen atoms in total. The van der Waals surface area contributed by atoms with E-state index in [1.807, 2.05) is 32.0 Å². The van der Waals surface area contributed by atoms with E-state index in [0.717, 1.165) is 11.1 Å². The van der Waals surface area contributed by atoms with Gasteiger partial charge in [-0.1, -0.05) is 12.1 Å². The Morgan fingerprint density at radius 3 is 2.63 bits per heavy atom. The molecule has 6 heteroatoms. The van der Waals surface area contributed by atoms with Gasteiger partial charge < -0.3 is 20.8 Å². The number of hydrogen-bond acceptors (Lipinski definition) is 3. The highest BCUT2D eigenvalue weighted by atomic mass is 16.4. The molecule has 0 radical (unpaired) electrons. The number of amides is 2. The number of rotatable bonds is 5. The minimum Gasteiger partial charge on any atom is -0.479 e. The molecule has 4 N–H and O–H groups in total. The smallest absolute Gasteiger partial charge is 0.332 e. The van der Waals surface area contributed by atoms with Crippen molar-refractivity contribution in [1.29, 1.82) is 0 Å². The van der Waals surface area contributed by atoms with Crippen molar-refractivity contribution in [2.24, 2.45) is 0 Å². The number of urea groups is 1. The number of anilines is 1. The number of carboxylic acids is 1. The van der Waals surface area contributed by atoms with Crippen LogP contribution >= 0.6 is 0 Å². The first-order chi connectivity index (χ1) is 8.90. The Labute approximate surface area is 111 Å². The highest BCUT2D eigenvalue weighted by Crippen LogP contribution is 2.15. The van der Waals surface area contributed by atoms with Gasteiger partial charge in [0.2, 0.25) is 0 Å². The minimum absolute atomic E-state index is 0.0322. The maximum Gasteiger partial charge on any atom is 0.332 e. The average molecular weight is 266 g/mol. The number of nitrogens with one attached hydrogen (secondary N) is 2. The van der Waals surface area contributed by atoms with Crippen molar-refractivity contribution in [1.82, 2.24) is 5.32 Å². The van der Waals surface area contributed by atoms with Gasteiger partial charge in [-0.15, -0.1) is 0 Å². The largest absolute Gasteiger partial charge is 0.479 e. The molecule has 19 heavy (non-hydrogen) atoms. The molecule has 0 aliphatic rings. The van der Waals surface area contributed by atoms with Gasteiger partial charge in [-0.25, -0.2) is 9.59 Å². The van der Waals surface area contributed by atoms with E-state index in [0.29, 0.717) is 5.69 Å². The molecule has 0 heterocycles. The summed E-state index contributed by atoms with van der Waals surface area (Å²) < 4.78 is 0. The molecule has 0 saturated carbocycles. The van der Waals surface area contributed by atoms with Crippen molar-refractivity contribution >= 4 is 17.7 Å². The lowest BCUT2D eigenvalue weighted by molar-refractivity contribution is -0.146.